The van der Waals surface area contributed by atoms with Gasteiger partial charge in [0.2, 0.25) is 12.0 Å². The van der Waals surface area contributed by atoms with Crippen LogP contribution in [0.3, 0.4) is 0 Å². The van der Waals surface area contributed by atoms with Crippen LogP contribution in [-0.4, -0.2) is 42.5 Å². The number of benzene rings is 1. The van der Waals surface area contributed by atoms with Crippen molar-refractivity contribution >= 4 is 17.5 Å². The average Bonchev–Trinajstić information content (AvgIpc) is 3.46. The molecule has 3 heterocycles. The molecule has 0 spiro atoms. The maximum atomic E-state index is 14.6. The first-order valence-electron chi connectivity index (χ1n) is 12.7. The van der Waals surface area contributed by atoms with E-state index >= 15 is 0 Å². The van der Waals surface area contributed by atoms with Gasteiger partial charge in [0.25, 0.3) is 17.4 Å². The fourth-order valence-electron chi connectivity index (χ4n) is 3.82. The fourth-order valence-corrected chi connectivity index (χ4v) is 3.82. The maximum Gasteiger partial charge on any atom is 0.433 e. The molecule has 2 amide bonds. The SMILES string of the molecule is O=C(NCc1ccc(C(F)(F)F)nc1)c1cn(CC(F)CCn2ccc(NC(=O)C(F)c3ccccc3)c(F)c2=O)nn1. The summed E-state index contributed by atoms with van der Waals surface area (Å²) >= 11 is 0. The molecule has 0 aliphatic rings. The van der Waals surface area contributed by atoms with Crippen LogP contribution in [0.1, 0.15) is 39.9 Å². The number of carbonyl (C=O) groups is 2. The monoisotopic (exact) mass is 607 g/mol. The smallest absolute Gasteiger partial charge is 0.346 e. The van der Waals surface area contributed by atoms with Crippen LogP contribution in [0.4, 0.5) is 32.0 Å². The number of amides is 2. The van der Waals surface area contributed by atoms with Crippen LogP contribution in [0.5, 0.6) is 0 Å². The number of nitrogens with zero attached hydrogens (tertiary/aromatic N) is 5. The largest absolute Gasteiger partial charge is 0.433 e. The third kappa shape index (κ3) is 8.05. The Kier molecular flexibility index (Phi) is 9.57. The van der Waals surface area contributed by atoms with Gasteiger partial charge in [0.05, 0.1) is 18.4 Å². The van der Waals surface area contributed by atoms with Gasteiger partial charge >= 0.3 is 6.18 Å². The highest BCUT2D eigenvalue weighted by atomic mass is 19.4. The number of aromatic nitrogens is 5. The lowest BCUT2D eigenvalue weighted by molar-refractivity contribution is -0.141. The van der Waals surface area contributed by atoms with Crippen molar-refractivity contribution in [3.05, 3.63) is 106 Å². The lowest BCUT2D eigenvalue weighted by Gasteiger charge is -2.13. The van der Waals surface area contributed by atoms with Gasteiger partial charge in [-0.3, -0.25) is 19.4 Å². The molecule has 0 aliphatic carbocycles. The number of anilines is 1. The van der Waals surface area contributed by atoms with Gasteiger partial charge in [0.15, 0.2) is 5.69 Å². The zero-order chi connectivity index (χ0) is 31.1. The normalized spacial score (nSPS) is 12.9. The summed E-state index contributed by atoms with van der Waals surface area (Å²) < 4.78 is 83.4. The van der Waals surface area contributed by atoms with E-state index in [0.717, 1.165) is 46.0 Å². The molecule has 0 saturated heterocycles. The highest BCUT2D eigenvalue weighted by Crippen LogP contribution is 2.27. The van der Waals surface area contributed by atoms with Crippen LogP contribution in [0.2, 0.25) is 0 Å². The van der Waals surface area contributed by atoms with Crippen LogP contribution in [0.25, 0.3) is 0 Å². The van der Waals surface area contributed by atoms with Crippen molar-refractivity contribution in [2.45, 2.75) is 44.6 Å². The molecule has 43 heavy (non-hydrogen) atoms. The molecule has 0 saturated carbocycles. The Bertz CT molecular complexity index is 1620. The minimum absolute atomic E-state index is 0.0542. The van der Waals surface area contributed by atoms with E-state index in [1.807, 2.05) is 5.32 Å². The Morgan fingerprint density at radius 1 is 1.02 bits per heavy atom. The van der Waals surface area contributed by atoms with Gasteiger partial charge in [-0.15, -0.1) is 5.10 Å². The molecule has 1 aromatic carbocycles. The van der Waals surface area contributed by atoms with Crippen molar-refractivity contribution < 1.29 is 35.9 Å². The summed E-state index contributed by atoms with van der Waals surface area (Å²) in [5, 5.41) is 11.8. The Labute approximate surface area is 239 Å². The van der Waals surface area contributed by atoms with Gasteiger partial charge in [0, 0.05) is 25.5 Å². The van der Waals surface area contributed by atoms with Crippen LogP contribution in [0, 0.1) is 5.82 Å². The van der Waals surface area contributed by atoms with Gasteiger partial charge in [-0.05, 0) is 29.7 Å². The predicted octanol–water partition coefficient (Wildman–Crippen LogP) is 4.00. The first-order valence-corrected chi connectivity index (χ1v) is 12.7. The summed E-state index contributed by atoms with van der Waals surface area (Å²) in [5.74, 6) is -3.22. The molecular weight excluding hydrogens is 584 g/mol. The van der Waals surface area contributed by atoms with E-state index in [2.05, 4.69) is 20.6 Å². The van der Waals surface area contributed by atoms with E-state index in [1.165, 1.54) is 24.3 Å². The maximum absolute atomic E-state index is 14.6. The van der Waals surface area contributed by atoms with E-state index in [9.17, 15) is 40.7 Å². The van der Waals surface area contributed by atoms with Crippen molar-refractivity contribution in [3.8, 4) is 0 Å². The Hall–Kier alpha value is -5.02. The van der Waals surface area contributed by atoms with E-state index in [4.69, 9.17) is 0 Å². The Morgan fingerprint density at radius 2 is 1.77 bits per heavy atom. The van der Waals surface area contributed by atoms with E-state index in [-0.39, 0.29) is 37.3 Å². The summed E-state index contributed by atoms with van der Waals surface area (Å²) in [6.45, 7) is -0.742. The molecule has 3 aromatic heterocycles. The first-order chi connectivity index (χ1) is 20.4. The van der Waals surface area contributed by atoms with Gasteiger partial charge < -0.3 is 15.2 Å². The zero-order valence-corrected chi connectivity index (χ0v) is 22.1. The minimum Gasteiger partial charge on any atom is -0.346 e. The number of hydrogen-bond acceptors (Lipinski definition) is 6. The van der Waals surface area contributed by atoms with Gasteiger partial charge in [-0.25, -0.2) is 13.5 Å². The highest BCUT2D eigenvalue weighted by molar-refractivity contribution is 5.94. The third-order valence-corrected chi connectivity index (χ3v) is 6.09. The van der Waals surface area contributed by atoms with Gasteiger partial charge in [0.1, 0.15) is 11.9 Å². The highest BCUT2D eigenvalue weighted by Gasteiger charge is 2.32. The molecule has 0 radical (unpaired) electrons. The van der Waals surface area contributed by atoms with Crippen molar-refractivity contribution in [3.63, 3.8) is 0 Å². The topological polar surface area (TPSA) is 124 Å². The average molecular weight is 608 g/mol. The fraction of sp³-hybridized carbons (Fsp3) is 0.259. The molecule has 2 unspecified atom stereocenters. The molecular formula is C27H23F6N7O3. The second kappa shape index (κ2) is 13.3. The van der Waals surface area contributed by atoms with E-state index in [1.54, 1.807) is 6.07 Å². The molecule has 2 N–H and O–H groups in total. The van der Waals surface area contributed by atoms with Crippen LogP contribution in [0.15, 0.2) is 71.9 Å². The molecule has 0 bridgehead atoms. The van der Waals surface area contributed by atoms with E-state index < -0.39 is 53.1 Å². The number of carbonyl (C=O) groups excluding carboxylic acids is 2. The molecule has 4 aromatic rings. The predicted molar refractivity (Wildman–Crippen MR) is 140 cm³/mol. The molecule has 4 rings (SSSR count). The lowest BCUT2D eigenvalue weighted by Crippen LogP contribution is -2.27. The minimum atomic E-state index is -4.59. The molecule has 10 nitrogen and oxygen atoms in total. The summed E-state index contributed by atoms with van der Waals surface area (Å²) in [4.78, 5) is 40.1. The molecule has 0 fully saturated rings. The van der Waals surface area contributed by atoms with Crippen molar-refractivity contribution in [2.75, 3.05) is 5.32 Å². The van der Waals surface area contributed by atoms with Crippen molar-refractivity contribution in [1.29, 1.82) is 0 Å². The zero-order valence-electron chi connectivity index (χ0n) is 22.1. The van der Waals surface area contributed by atoms with Gasteiger partial charge in [-0.2, -0.15) is 17.6 Å². The number of rotatable bonds is 11. The standard InChI is InChI=1S/C27H23F6N7O3/c28-18(14-40-15-20(37-38-40)24(41)35-13-16-6-7-21(34-12-16)27(31,32)33)8-10-39-11-9-19(23(30)26(39)43)36-25(42)22(29)17-4-2-1-3-5-17/h1-7,9,11-12,15,18,22H,8,10,13-14H2,(H,35,41)(H,36,42). The molecule has 226 valence electrons. The Morgan fingerprint density at radius 3 is 2.44 bits per heavy atom. The summed E-state index contributed by atoms with van der Waals surface area (Å²) in [6.07, 6.45) is -5.27. The van der Waals surface area contributed by atoms with Crippen molar-refractivity contribution in [1.82, 2.24) is 29.9 Å². The third-order valence-electron chi connectivity index (χ3n) is 6.09. The second-order valence-corrected chi connectivity index (χ2v) is 9.25. The number of pyridine rings is 2. The van der Waals surface area contributed by atoms with Crippen molar-refractivity contribution in [2.24, 2.45) is 0 Å². The van der Waals surface area contributed by atoms with Crippen LogP contribution in [-0.2, 0) is 30.6 Å². The number of alkyl halides is 5. The lowest BCUT2D eigenvalue weighted by atomic mass is 10.1. The molecule has 2 atom stereocenters. The first kappa shape index (κ1) is 30.9. The summed E-state index contributed by atoms with van der Waals surface area (Å²) in [6, 6.07) is 10.5. The quantitative estimate of drug-likeness (QED) is 0.249. The van der Waals surface area contributed by atoms with E-state index in [0.29, 0.717) is 5.56 Å². The van der Waals surface area contributed by atoms with Crippen LogP contribution >= 0.6 is 0 Å². The number of nitrogens with one attached hydrogen (secondary N) is 2. The summed E-state index contributed by atoms with van der Waals surface area (Å²) in [5.41, 5.74) is -2.56. The molecule has 0 aliphatic heterocycles. The summed E-state index contributed by atoms with van der Waals surface area (Å²) in [7, 11) is 0. The Balaban J connectivity index is 1.26. The number of halogens is 6. The number of hydrogen-bond donors (Lipinski definition) is 2. The van der Waals surface area contributed by atoms with Crippen LogP contribution < -0.4 is 16.2 Å². The molecule has 16 heteroatoms. The van der Waals surface area contributed by atoms with Gasteiger partial charge in [-0.1, -0.05) is 41.6 Å². The number of aryl methyl sites for hydroxylation is 1. The second-order valence-electron chi connectivity index (χ2n) is 9.25.